The van der Waals surface area contributed by atoms with E-state index >= 15 is 0 Å². The lowest BCUT2D eigenvalue weighted by Crippen LogP contribution is -2.23. The third-order valence-corrected chi connectivity index (χ3v) is 2.28. The quantitative estimate of drug-likeness (QED) is 0.493. The molecule has 0 saturated carbocycles. The number of nitrogens with one attached hydrogen (secondary N) is 1. The number of allylic oxidation sites excluding steroid dienone is 1. The second-order valence-corrected chi connectivity index (χ2v) is 4.19. The van der Waals surface area contributed by atoms with Crippen molar-refractivity contribution in [1.29, 1.82) is 0 Å². The molecule has 0 aliphatic carbocycles. The minimum absolute atomic E-state index is 0.0762. The second-order valence-electron chi connectivity index (χ2n) is 4.19. The fraction of sp³-hybridized carbons (Fsp3) is 0.308. The van der Waals surface area contributed by atoms with E-state index in [9.17, 15) is 14.9 Å². The summed E-state index contributed by atoms with van der Waals surface area (Å²) in [6.45, 7) is 4.23. The Morgan fingerprint density at radius 3 is 2.44 bits per heavy atom. The number of nitrogens with zero attached hydrogens (tertiary/aromatic N) is 1. The Balaban J connectivity index is 2.42. The van der Waals surface area contributed by atoms with Gasteiger partial charge in [0.05, 0.1) is 4.92 Å². The Labute approximate surface area is 106 Å². The molecule has 0 aliphatic heterocycles. The van der Waals surface area contributed by atoms with Crippen molar-refractivity contribution < 1.29 is 9.72 Å². The van der Waals surface area contributed by atoms with Crippen molar-refractivity contribution in [2.75, 3.05) is 6.54 Å². The maximum Gasteiger partial charge on any atom is 0.269 e. The number of hydrogen-bond donors (Lipinski definition) is 1. The van der Waals surface area contributed by atoms with Gasteiger partial charge in [0.2, 0.25) is 5.91 Å². The first-order chi connectivity index (χ1) is 8.49. The first kappa shape index (κ1) is 13.9. The van der Waals surface area contributed by atoms with Crippen molar-refractivity contribution in [3.8, 4) is 0 Å². The minimum Gasteiger partial charge on any atom is -0.352 e. The zero-order valence-electron chi connectivity index (χ0n) is 10.5. The van der Waals surface area contributed by atoms with Gasteiger partial charge in [-0.15, -0.1) is 0 Å². The fourth-order valence-corrected chi connectivity index (χ4v) is 1.43. The summed E-state index contributed by atoms with van der Waals surface area (Å²) in [7, 11) is 0. The molecule has 0 fully saturated rings. The van der Waals surface area contributed by atoms with Crippen LogP contribution in [-0.4, -0.2) is 17.4 Å². The van der Waals surface area contributed by atoms with Crippen LogP contribution in [-0.2, 0) is 11.2 Å². The summed E-state index contributed by atoms with van der Waals surface area (Å²) >= 11 is 0. The molecule has 1 N–H and O–H groups in total. The number of nitro benzene ring substituents is 1. The van der Waals surface area contributed by atoms with E-state index in [2.05, 4.69) is 5.32 Å². The highest BCUT2D eigenvalue weighted by atomic mass is 16.6. The molecule has 1 aromatic rings. The maximum atomic E-state index is 11.3. The number of amides is 1. The average Bonchev–Trinajstić information content (AvgIpc) is 2.28. The van der Waals surface area contributed by atoms with E-state index < -0.39 is 4.92 Å². The van der Waals surface area contributed by atoms with Gasteiger partial charge in [0.1, 0.15) is 0 Å². The van der Waals surface area contributed by atoms with Crippen molar-refractivity contribution in [3.05, 3.63) is 51.6 Å². The third kappa shape index (κ3) is 4.78. The number of carbonyl (C=O) groups excluding carboxylic acids is 1. The Hall–Kier alpha value is -2.17. The SMILES string of the molecule is CC(C)=CC(=O)NCCc1ccc([N+](=O)[O-])cc1. The number of benzene rings is 1. The molecule has 18 heavy (non-hydrogen) atoms. The Morgan fingerprint density at radius 2 is 1.94 bits per heavy atom. The smallest absolute Gasteiger partial charge is 0.269 e. The summed E-state index contributed by atoms with van der Waals surface area (Å²) in [6, 6.07) is 6.33. The molecule has 5 heteroatoms. The molecule has 1 rings (SSSR count). The van der Waals surface area contributed by atoms with Gasteiger partial charge in [0.25, 0.3) is 5.69 Å². The second kappa shape index (κ2) is 6.54. The Kier molecular flexibility index (Phi) is 5.05. The van der Waals surface area contributed by atoms with E-state index in [1.807, 2.05) is 13.8 Å². The highest BCUT2D eigenvalue weighted by molar-refractivity contribution is 5.87. The van der Waals surface area contributed by atoms with E-state index in [0.29, 0.717) is 13.0 Å². The molecule has 0 bridgehead atoms. The zero-order valence-corrected chi connectivity index (χ0v) is 10.5. The van der Waals surface area contributed by atoms with Crippen molar-refractivity contribution in [2.24, 2.45) is 0 Å². The van der Waals surface area contributed by atoms with Crippen LogP contribution in [0.1, 0.15) is 19.4 Å². The molecule has 0 heterocycles. The van der Waals surface area contributed by atoms with Crippen molar-refractivity contribution in [3.63, 3.8) is 0 Å². The standard InChI is InChI=1S/C13H16N2O3/c1-10(2)9-13(16)14-8-7-11-3-5-12(6-4-11)15(17)18/h3-6,9H,7-8H2,1-2H3,(H,14,16). The van der Waals surface area contributed by atoms with Crippen molar-refractivity contribution in [2.45, 2.75) is 20.3 Å². The van der Waals surface area contributed by atoms with Crippen molar-refractivity contribution in [1.82, 2.24) is 5.32 Å². The summed E-state index contributed by atoms with van der Waals surface area (Å²) in [4.78, 5) is 21.3. The van der Waals surface area contributed by atoms with E-state index in [1.165, 1.54) is 18.2 Å². The van der Waals surface area contributed by atoms with E-state index in [4.69, 9.17) is 0 Å². The van der Waals surface area contributed by atoms with Gasteiger partial charge in [-0.05, 0) is 25.8 Å². The summed E-state index contributed by atoms with van der Waals surface area (Å²) in [5, 5.41) is 13.2. The van der Waals surface area contributed by atoms with Crippen LogP contribution >= 0.6 is 0 Å². The van der Waals surface area contributed by atoms with Crippen molar-refractivity contribution >= 4 is 11.6 Å². The first-order valence-electron chi connectivity index (χ1n) is 5.65. The summed E-state index contributed by atoms with van der Waals surface area (Å²) in [6.07, 6.45) is 2.19. The third-order valence-electron chi connectivity index (χ3n) is 2.28. The molecule has 0 spiro atoms. The molecule has 0 atom stereocenters. The number of hydrogen-bond acceptors (Lipinski definition) is 3. The molecule has 0 radical (unpaired) electrons. The Morgan fingerprint density at radius 1 is 1.33 bits per heavy atom. The topological polar surface area (TPSA) is 72.2 Å². The molecule has 0 saturated heterocycles. The van der Waals surface area contributed by atoms with Gasteiger partial charge < -0.3 is 5.32 Å². The van der Waals surface area contributed by atoms with Gasteiger partial charge in [0, 0.05) is 24.8 Å². The average molecular weight is 248 g/mol. The first-order valence-corrected chi connectivity index (χ1v) is 5.65. The number of carbonyl (C=O) groups is 1. The highest BCUT2D eigenvalue weighted by Gasteiger charge is 2.03. The van der Waals surface area contributed by atoms with Crippen LogP contribution in [0.3, 0.4) is 0 Å². The molecular formula is C13H16N2O3. The lowest BCUT2D eigenvalue weighted by molar-refractivity contribution is -0.384. The van der Waals surface area contributed by atoms with Crippen LogP contribution in [0.4, 0.5) is 5.69 Å². The molecule has 1 aromatic carbocycles. The van der Waals surface area contributed by atoms with Crippen LogP contribution in [0.5, 0.6) is 0 Å². The minimum atomic E-state index is -0.430. The molecule has 0 aliphatic rings. The molecule has 5 nitrogen and oxygen atoms in total. The lowest BCUT2D eigenvalue weighted by Gasteiger charge is -2.03. The normalized spacial score (nSPS) is 9.67. The molecular weight excluding hydrogens is 232 g/mol. The molecule has 0 aromatic heterocycles. The number of rotatable bonds is 5. The summed E-state index contributed by atoms with van der Waals surface area (Å²) in [5.74, 6) is -0.114. The van der Waals surface area contributed by atoms with E-state index in [1.54, 1.807) is 12.1 Å². The zero-order chi connectivity index (χ0) is 13.5. The van der Waals surface area contributed by atoms with Gasteiger partial charge in [-0.25, -0.2) is 0 Å². The van der Waals surface area contributed by atoms with E-state index in [0.717, 1.165) is 11.1 Å². The predicted octanol–water partition coefficient (Wildman–Crippen LogP) is 2.22. The highest BCUT2D eigenvalue weighted by Crippen LogP contribution is 2.11. The number of nitro groups is 1. The van der Waals surface area contributed by atoms with Gasteiger partial charge in [0.15, 0.2) is 0 Å². The van der Waals surface area contributed by atoms with Crippen LogP contribution in [0.15, 0.2) is 35.9 Å². The lowest BCUT2D eigenvalue weighted by atomic mass is 10.1. The van der Waals surface area contributed by atoms with Gasteiger partial charge in [-0.2, -0.15) is 0 Å². The fourth-order valence-electron chi connectivity index (χ4n) is 1.43. The van der Waals surface area contributed by atoms with Gasteiger partial charge in [-0.3, -0.25) is 14.9 Å². The largest absolute Gasteiger partial charge is 0.352 e. The van der Waals surface area contributed by atoms with Crippen LogP contribution in [0.25, 0.3) is 0 Å². The molecule has 1 amide bonds. The molecule has 96 valence electrons. The van der Waals surface area contributed by atoms with Crippen LogP contribution in [0, 0.1) is 10.1 Å². The van der Waals surface area contributed by atoms with Crippen LogP contribution < -0.4 is 5.32 Å². The monoisotopic (exact) mass is 248 g/mol. The summed E-state index contributed by atoms with van der Waals surface area (Å²) < 4.78 is 0. The number of non-ortho nitro benzene ring substituents is 1. The van der Waals surface area contributed by atoms with Gasteiger partial charge >= 0.3 is 0 Å². The molecule has 0 unspecified atom stereocenters. The maximum absolute atomic E-state index is 11.3. The van der Waals surface area contributed by atoms with E-state index in [-0.39, 0.29) is 11.6 Å². The van der Waals surface area contributed by atoms with Gasteiger partial charge in [-0.1, -0.05) is 17.7 Å². The predicted molar refractivity (Wildman–Crippen MR) is 69.2 cm³/mol. The Bertz CT molecular complexity index is 460. The summed E-state index contributed by atoms with van der Waals surface area (Å²) in [5.41, 5.74) is 1.98. The van der Waals surface area contributed by atoms with Crippen LogP contribution in [0.2, 0.25) is 0 Å².